The molecule has 5 atom stereocenters. The van der Waals surface area contributed by atoms with Gasteiger partial charge in [0, 0.05) is 33.5 Å². The summed E-state index contributed by atoms with van der Waals surface area (Å²) in [7, 11) is 7.30. The van der Waals surface area contributed by atoms with E-state index >= 15 is 0 Å². The van der Waals surface area contributed by atoms with Crippen LogP contribution in [-0.4, -0.2) is 67.9 Å². The number of hydrogen-bond acceptors (Lipinski definition) is 7. The molecular formula is C21H31N3O4S. The number of benzene rings is 1. The van der Waals surface area contributed by atoms with Crippen molar-refractivity contribution in [2.24, 2.45) is 10.9 Å². The maximum atomic E-state index is 11.7. The number of ether oxygens (including phenoxy) is 3. The van der Waals surface area contributed by atoms with Gasteiger partial charge >= 0.3 is 0 Å². The van der Waals surface area contributed by atoms with Crippen molar-refractivity contribution < 1.29 is 19.0 Å². The van der Waals surface area contributed by atoms with Crippen molar-refractivity contribution in [3.8, 4) is 5.75 Å². The average molecular weight is 422 g/mol. The summed E-state index contributed by atoms with van der Waals surface area (Å²) in [5.41, 5.74) is 1.00. The molecule has 0 bridgehead atoms. The summed E-state index contributed by atoms with van der Waals surface area (Å²) in [6.07, 6.45) is 0.999. The molecule has 1 saturated heterocycles. The molecule has 0 aromatic heterocycles. The predicted molar refractivity (Wildman–Crippen MR) is 115 cm³/mol. The summed E-state index contributed by atoms with van der Waals surface area (Å²) in [5.74, 6) is 0.989. The van der Waals surface area contributed by atoms with Crippen LogP contribution in [-0.2, 0) is 20.9 Å². The van der Waals surface area contributed by atoms with Gasteiger partial charge in [-0.1, -0.05) is 30.8 Å². The van der Waals surface area contributed by atoms with E-state index in [4.69, 9.17) is 19.2 Å². The molecule has 1 amide bonds. The summed E-state index contributed by atoms with van der Waals surface area (Å²) in [5, 5.41) is 3.64. The summed E-state index contributed by atoms with van der Waals surface area (Å²) >= 11 is 1.64. The molecule has 1 aromatic rings. The number of methoxy groups -OCH3 is 1. The van der Waals surface area contributed by atoms with Gasteiger partial charge in [-0.3, -0.25) is 9.79 Å². The second kappa shape index (κ2) is 9.82. The summed E-state index contributed by atoms with van der Waals surface area (Å²) < 4.78 is 18.0. The van der Waals surface area contributed by atoms with Crippen molar-refractivity contribution in [1.29, 1.82) is 0 Å². The van der Waals surface area contributed by atoms with Gasteiger partial charge < -0.3 is 24.4 Å². The van der Waals surface area contributed by atoms with Gasteiger partial charge in [0.15, 0.2) is 5.17 Å². The SMILES string of the molecule is CNC(=O)CC[C@H]1O[C@@H]2SC(N(C)C)=N[C@@H]2[C@@H](OCc2ccc(OC)cc2)[C@@H]1C. The Labute approximate surface area is 177 Å². The van der Waals surface area contributed by atoms with E-state index in [1.54, 1.807) is 25.9 Å². The Hall–Kier alpha value is -1.77. The van der Waals surface area contributed by atoms with Gasteiger partial charge in [0.25, 0.3) is 0 Å². The number of nitrogens with one attached hydrogen (secondary N) is 1. The molecule has 2 aliphatic heterocycles. The van der Waals surface area contributed by atoms with Crippen LogP contribution in [0.15, 0.2) is 29.3 Å². The maximum Gasteiger partial charge on any atom is 0.219 e. The molecule has 1 fully saturated rings. The molecule has 0 saturated carbocycles. The lowest BCUT2D eigenvalue weighted by molar-refractivity contribution is -0.142. The van der Waals surface area contributed by atoms with Gasteiger partial charge in [-0.25, -0.2) is 0 Å². The van der Waals surface area contributed by atoms with Crippen LogP contribution in [0.2, 0.25) is 0 Å². The third-order valence-electron chi connectivity index (χ3n) is 5.43. The molecule has 7 nitrogen and oxygen atoms in total. The minimum atomic E-state index is -0.0841. The van der Waals surface area contributed by atoms with E-state index in [2.05, 4.69) is 12.2 Å². The Bertz CT molecular complexity index is 725. The molecular weight excluding hydrogens is 390 g/mol. The number of amides is 1. The first-order valence-electron chi connectivity index (χ1n) is 9.95. The smallest absolute Gasteiger partial charge is 0.219 e. The fraction of sp³-hybridized carbons (Fsp3) is 0.619. The first-order valence-corrected chi connectivity index (χ1v) is 10.8. The monoisotopic (exact) mass is 421 g/mol. The minimum Gasteiger partial charge on any atom is -0.497 e. The first-order chi connectivity index (χ1) is 13.9. The highest BCUT2D eigenvalue weighted by Crippen LogP contribution is 2.41. The van der Waals surface area contributed by atoms with E-state index in [-0.39, 0.29) is 35.5 Å². The van der Waals surface area contributed by atoms with Gasteiger partial charge in [-0.2, -0.15) is 0 Å². The zero-order valence-corrected chi connectivity index (χ0v) is 18.6. The summed E-state index contributed by atoms with van der Waals surface area (Å²) in [6.45, 7) is 2.64. The molecule has 0 radical (unpaired) electrons. The Morgan fingerprint density at radius 1 is 1.31 bits per heavy atom. The van der Waals surface area contributed by atoms with Crippen LogP contribution in [0.1, 0.15) is 25.3 Å². The second-order valence-electron chi connectivity index (χ2n) is 7.65. The van der Waals surface area contributed by atoms with Gasteiger partial charge in [-0.05, 0) is 24.1 Å². The fourth-order valence-corrected chi connectivity index (χ4v) is 4.82. The molecule has 8 heteroatoms. The second-order valence-corrected chi connectivity index (χ2v) is 8.72. The Morgan fingerprint density at radius 3 is 2.66 bits per heavy atom. The zero-order chi connectivity index (χ0) is 21.0. The Balaban J connectivity index is 1.72. The molecule has 0 aliphatic carbocycles. The lowest BCUT2D eigenvalue weighted by atomic mass is 9.87. The predicted octanol–water partition coefficient (Wildman–Crippen LogP) is 2.50. The molecule has 29 heavy (non-hydrogen) atoms. The number of carbonyl (C=O) groups is 1. The number of aliphatic imine (C=N–C) groups is 1. The molecule has 3 rings (SSSR count). The van der Waals surface area contributed by atoms with Crippen molar-refractivity contribution in [1.82, 2.24) is 10.2 Å². The van der Waals surface area contributed by atoms with Gasteiger partial charge in [-0.15, -0.1) is 0 Å². The van der Waals surface area contributed by atoms with Crippen LogP contribution in [0.4, 0.5) is 0 Å². The third kappa shape index (κ3) is 5.24. The van der Waals surface area contributed by atoms with Crippen LogP contribution in [0.25, 0.3) is 0 Å². The standard InChI is InChI=1S/C21H31N3O4S/c1-13-16(10-11-17(25)22-2)28-20-18(23-21(29-20)24(3)4)19(13)27-12-14-6-8-15(26-5)9-7-14/h6-9,13,16,18-20H,10-12H2,1-5H3,(H,22,25)/t13-,16-,18-,19+,20-/m1/s1. The van der Waals surface area contributed by atoms with Crippen LogP contribution in [0.3, 0.4) is 0 Å². The summed E-state index contributed by atoms with van der Waals surface area (Å²) in [4.78, 5) is 18.6. The van der Waals surface area contributed by atoms with E-state index in [1.807, 2.05) is 43.3 Å². The fourth-order valence-electron chi connectivity index (χ4n) is 3.66. The van der Waals surface area contributed by atoms with Crippen molar-refractivity contribution in [3.63, 3.8) is 0 Å². The average Bonchev–Trinajstić information content (AvgIpc) is 3.16. The topological polar surface area (TPSA) is 72.4 Å². The van der Waals surface area contributed by atoms with Gasteiger partial charge in [0.2, 0.25) is 5.91 Å². The first kappa shape index (κ1) is 21.9. The maximum absolute atomic E-state index is 11.7. The third-order valence-corrected chi connectivity index (χ3v) is 6.73. The van der Waals surface area contributed by atoms with Crippen LogP contribution >= 0.6 is 11.8 Å². The minimum absolute atomic E-state index is 0.0305. The highest BCUT2D eigenvalue weighted by molar-refractivity contribution is 8.14. The lowest BCUT2D eigenvalue weighted by Gasteiger charge is -2.41. The van der Waals surface area contributed by atoms with Gasteiger partial charge in [0.05, 0.1) is 25.9 Å². The molecule has 1 N–H and O–H groups in total. The number of rotatable bonds is 7. The van der Waals surface area contributed by atoms with Crippen LogP contribution in [0.5, 0.6) is 5.75 Å². The largest absolute Gasteiger partial charge is 0.497 e. The van der Waals surface area contributed by atoms with Crippen LogP contribution < -0.4 is 10.1 Å². The van der Waals surface area contributed by atoms with Gasteiger partial charge in [0.1, 0.15) is 17.2 Å². The summed E-state index contributed by atoms with van der Waals surface area (Å²) in [6, 6.07) is 7.86. The molecule has 0 unspecified atom stereocenters. The van der Waals surface area contributed by atoms with Crippen molar-refractivity contribution >= 4 is 22.8 Å². The highest BCUT2D eigenvalue weighted by Gasteiger charge is 2.48. The molecule has 2 aliphatic rings. The van der Waals surface area contributed by atoms with E-state index in [0.29, 0.717) is 19.4 Å². The van der Waals surface area contributed by atoms with Crippen molar-refractivity contribution in [2.75, 3.05) is 28.3 Å². The van der Waals surface area contributed by atoms with E-state index in [1.165, 1.54) is 0 Å². The van der Waals surface area contributed by atoms with E-state index in [9.17, 15) is 4.79 Å². The quantitative estimate of drug-likeness (QED) is 0.729. The van der Waals surface area contributed by atoms with E-state index in [0.717, 1.165) is 16.5 Å². The molecule has 0 spiro atoms. The van der Waals surface area contributed by atoms with Crippen molar-refractivity contribution in [3.05, 3.63) is 29.8 Å². The van der Waals surface area contributed by atoms with Crippen molar-refractivity contribution in [2.45, 2.75) is 50.1 Å². The number of carbonyl (C=O) groups excluding carboxylic acids is 1. The number of thioether (sulfide) groups is 1. The highest BCUT2D eigenvalue weighted by atomic mass is 32.2. The number of amidine groups is 1. The Kier molecular flexibility index (Phi) is 7.43. The molecule has 1 aromatic carbocycles. The van der Waals surface area contributed by atoms with Crippen LogP contribution in [0, 0.1) is 5.92 Å². The zero-order valence-electron chi connectivity index (χ0n) is 17.8. The lowest BCUT2D eigenvalue weighted by Crippen LogP contribution is -2.51. The molecule has 160 valence electrons. The number of fused-ring (bicyclic) bond motifs is 1. The Morgan fingerprint density at radius 2 is 2.03 bits per heavy atom. The number of hydrogen-bond donors (Lipinski definition) is 1. The molecule has 2 heterocycles. The normalized spacial score (nSPS) is 28.4. The van der Waals surface area contributed by atoms with E-state index < -0.39 is 0 Å². The number of nitrogens with zero attached hydrogens (tertiary/aromatic N) is 2.